The highest BCUT2D eigenvalue weighted by Gasteiger charge is 2.24. The largest absolute Gasteiger partial charge is 0.465 e. The Morgan fingerprint density at radius 1 is 1.26 bits per heavy atom. The summed E-state index contributed by atoms with van der Waals surface area (Å²) in [5.41, 5.74) is 1.35. The minimum Gasteiger partial charge on any atom is -0.465 e. The SMILES string of the molecule is COC(=O)c1cnc(Cn2ccc3cc(C(=O)NC4CC4)cnc32)c(F)c1. The molecule has 1 fully saturated rings. The molecule has 1 saturated carbocycles. The zero-order valence-electron chi connectivity index (χ0n) is 14.6. The topological polar surface area (TPSA) is 86.1 Å². The average molecular weight is 368 g/mol. The van der Waals surface area contributed by atoms with E-state index >= 15 is 0 Å². The second-order valence-electron chi connectivity index (χ2n) is 6.47. The van der Waals surface area contributed by atoms with Gasteiger partial charge in [0.15, 0.2) is 0 Å². The highest BCUT2D eigenvalue weighted by molar-refractivity contribution is 5.97. The number of halogens is 1. The Bertz CT molecular complexity index is 1040. The van der Waals surface area contributed by atoms with Crippen LogP contribution in [0.5, 0.6) is 0 Å². The Balaban J connectivity index is 1.57. The normalized spacial score (nSPS) is 13.6. The molecule has 0 atom stereocenters. The van der Waals surface area contributed by atoms with E-state index in [1.54, 1.807) is 16.8 Å². The maximum Gasteiger partial charge on any atom is 0.339 e. The summed E-state index contributed by atoms with van der Waals surface area (Å²) in [6, 6.07) is 4.96. The second-order valence-corrected chi connectivity index (χ2v) is 6.47. The van der Waals surface area contributed by atoms with E-state index in [1.807, 2.05) is 6.07 Å². The fraction of sp³-hybridized carbons (Fsp3) is 0.263. The molecule has 0 aromatic carbocycles. The zero-order valence-corrected chi connectivity index (χ0v) is 14.6. The van der Waals surface area contributed by atoms with Crippen LogP contribution in [0.2, 0.25) is 0 Å². The van der Waals surface area contributed by atoms with E-state index in [0.717, 1.165) is 24.3 Å². The molecule has 1 aliphatic carbocycles. The maximum absolute atomic E-state index is 14.3. The van der Waals surface area contributed by atoms with E-state index in [2.05, 4.69) is 20.0 Å². The van der Waals surface area contributed by atoms with Gasteiger partial charge in [0.25, 0.3) is 5.91 Å². The summed E-state index contributed by atoms with van der Waals surface area (Å²) in [6.07, 6.45) is 6.59. The molecule has 1 amide bonds. The van der Waals surface area contributed by atoms with Crippen molar-refractivity contribution in [2.45, 2.75) is 25.4 Å². The van der Waals surface area contributed by atoms with Gasteiger partial charge in [0.2, 0.25) is 0 Å². The van der Waals surface area contributed by atoms with Gasteiger partial charge >= 0.3 is 5.97 Å². The minimum absolute atomic E-state index is 0.0561. The molecule has 3 heterocycles. The van der Waals surface area contributed by atoms with E-state index in [0.29, 0.717) is 11.2 Å². The van der Waals surface area contributed by atoms with Gasteiger partial charge in [0.05, 0.1) is 30.5 Å². The van der Waals surface area contributed by atoms with Crippen molar-refractivity contribution in [2.75, 3.05) is 7.11 Å². The summed E-state index contributed by atoms with van der Waals surface area (Å²) in [6.45, 7) is 0.150. The van der Waals surface area contributed by atoms with E-state index in [1.165, 1.54) is 19.5 Å². The third-order valence-electron chi connectivity index (χ3n) is 4.43. The number of carbonyl (C=O) groups is 2. The van der Waals surface area contributed by atoms with Crippen LogP contribution in [0.4, 0.5) is 4.39 Å². The number of esters is 1. The fourth-order valence-electron chi connectivity index (χ4n) is 2.80. The van der Waals surface area contributed by atoms with Crippen LogP contribution in [-0.2, 0) is 11.3 Å². The lowest BCUT2D eigenvalue weighted by molar-refractivity contribution is 0.0599. The number of rotatable bonds is 5. The van der Waals surface area contributed by atoms with Gasteiger partial charge in [-0.15, -0.1) is 0 Å². The number of aromatic nitrogens is 3. The van der Waals surface area contributed by atoms with Crippen molar-refractivity contribution in [3.63, 3.8) is 0 Å². The molecule has 4 rings (SSSR count). The number of ether oxygens (including phenoxy) is 1. The number of fused-ring (bicyclic) bond motifs is 1. The first kappa shape index (κ1) is 17.1. The first-order valence-electron chi connectivity index (χ1n) is 8.53. The summed E-state index contributed by atoms with van der Waals surface area (Å²) in [5.74, 6) is -1.37. The summed E-state index contributed by atoms with van der Waals surface area (Å²) >= 11 is 0. The summed E-state index contributed by atoms with van der Waals surface area (Å²) < 4.78 is 20.6. The van der Waals surface area contributed by atoms with Crippen molar-refractivity contribution in [1.82, 2.24) is 19.9 Å². The third-order valence-corrected chi connectivity index (χ3v) is 4.43. The molecule has 3 aromatic rings. The number of pyridine rings is 2. The standard InChI is InChI=1S/C19H17FN4O3/c1-27-19(26)13-7-15(20)16(21-9-13)10-24-5-4-11-6-12(8-22-17(11)24)18(25)23-14-2-3-14/h4-9,14H,2-3,10H2,1H3,(H,23,25). The Hall–Kier alpha value is -3.29. The zero-order chi connectivity index (χ0) is 19.0. The van der Waals surface area contributed by atoms with Crippen LogP contribution in [0, 0.1) is 5.82 Å². The van der Waals surface area contributed by atoms with Crippen molar-refractivity contribution >= 4 is 22.9 Å². The lowest BCUT2D eigenvalue weighted by atomic mass is 10.2. The quantitative estimate of drug-likeness (QED) is 0.699. The van der Waals surface area contributed by atoms with Crippen LogP contribution in [0.25, 0.3) is 11.0 Å². The van der Waals surface area contributed by atoms with Crippen LogP contribution in [0.15, 0.2) is 36.8 Å². The highest BCUT2D eigenvalue weighted by atomic mass is 19.1. The van der Waals surface area contributed by atoms with E-state index in [9.17, 15) is 14.0 Å². The predicted octanol–water partition coefficient (Wildman–Crippen LogP) is 2.30. The van der Waals surface area contributed by atoms with Crippen molar-refractivity contribution in [3.05, 3.63) is 59.4 Å². The van der Waals surface area contributed by atoms with E-state index < -0.39 is 11.8 Å². The molecular formula is C19H17FN4O3. The predicted molar refractivity (Wildman–Crippen MR) is 94.9 cm³/mol. The smallest absolute Gasteiger partial charge is 0.339 e. The lowest BCUT2D eigenvalue weighted by Gasteiger charge is -2.07. The molecule has 1 N–H and O–H groups in total. The number of carbonyl (C=O) groups excluding carboxylic acids is 2. The number of amides is 1. The average Bonchev–Trinajstić information content (AvgIpc) is 3.40. The maximum atomic E-state index is 14.3. The van der Waals surface area contributed by atoms with Gasteiger partial charge in [-0.3, -0.25) is 9.78 Å². The minimum atomic E-state index is -0.641. The van der Waals surface area contributed by atoms with Crippen molar-refractivity contribution in [2.24, 2.45) is 0 Å². The molecule has 0 bridgehead atoms. The molecule has 0 radical (unpaired) electrons. The van der Waals surface area contributed by atoms with E-state index in [-0.39, 0.29) is 29.8 Å². The molecule has 8 heteroatoms. The van der Waals surface area contributed by atoms with Crippen LogP contribution >= 0.6 is 0 Å². The molecule has 0 spiro atoms. The first-order valence-corrected chi connectivity index (χ1v) is 8.53. The van der Waals surface area contributed by atoms with Gasteiger partial charge in [0, 0.05) is 30.0 Å². The van der Waals surface area contributed by atoms with E-state index in [4.69, 9.17) is 0 Å². The monoisotopic (exact) mass is 368 g/mol. The molecule has 7 nitrogen and oxygen atoms in total. The Labute approximate surface area is 154 Å². The van der Waals surface area contributed by atoms with Crippen molar-refractivity contribution < 1.29 is 18.7 Å². The van der Waals surface area contributed by atoms with Crippen molar-refractivity contribution in [1.29, 1.82) is 0 Å². The van der Waals surface area contributed by atoms with Gasteiger partial charge in [0.1, 0.15) is 11.5 Å². The Kier molecular flexibility index (Phi) is 4.31. The van der Waals surface area contributed by atoms with Gasteiger partial charge in [-0.1, -0.05) is 0 Å². The molecule has 0 unspecified atom stereocenters. The molecule has 3 aromatic heterocycles. The molecule has 0 aliphatic heterocycles. The van der Waals surface area contributed by atoms with Crippen molar-refractivity contribution in [3.8, 4) is 0 Å². The number of nitrogens with zero attached hydrogens (tertiary/aromatic N) is 3. The summed E-state index contributed by atoms with van der Waals surface area (Å²) in [5, 5.41) is 3.71. The number of nitrogens with one attached hydrogen (secondary N) is 1. The van der Waals surface area contributed by atoms with Gasteiger partial charge in [-0.05, 0) is 31.0 Å². The summed E-state index contributed by atoms with van der Waals surface area (Å²) in [7, 11) is 1.23. The molecule has 1 aliphatic rings. The number of methoxy groups -OCH3 is 1. The van der Waals surface area contributed by atoms with Gasteiger partial charge in [-0.25, -0.2) is 14.2 Å². The Morgan fingerprint density at radius 3 is 2.74 bits per heavy atom. The van der Waals surface area contributed by atoms with Crippen LogP contribution in [0.3, 0.4) is 0 Å². The molecule has 138 valence electrons. The highest BCUT2D eigenvalue weighted by Crippen LogP contribution is 2.21. The third kappa shape index (κ3) is 3.51. The molecule has 27 heavy (non-hydrogen) atoms. The van der Waals surface area contributed by atoms with Crippen LogP contribution in [-0.4, -0.2) is 39.6 Å². The van der Waals surface area contributed by atoms with Crippen LogP contribution < -0.4 is 5.32 Å². The lowest BCUT2D eigenvalue weighted by Crippen LogP contribution is -2.25. The Morgan fingerprint density at radius 2 is 2.04 bits per heavy atom. The summed E-state index contributed by atoms with van der Waals surface area (Å²) in [4.78, 5) is 32.0. The number of hydrogen-bond acceptors (Lipinski definition) is 5. The molecular weight excluding hydrogens is 351 g/mol. The molecule has 0 saturated heterocycles. The van der Waals surface area contributed by atoms with Crippen LogP contribution in [0.1, 0.15) is 39.3 Å². The fourth-order valence-corrected chi connectivity index (χ4v) is 2.80. The number of hydrogen-bond donors (Lipinski definition) is 1. The first-order chi connectivity index (χ1) is 13.0. The second kappa shape index (κ2) is 6.79. The van der Waals surface area contributed by atoms with Gasteiger partial charge < -0.3 is 14.6 Å². The van der Waals surface area contributed by atoms with Gasteiger partial charge in [-0.2, -0.15) is 0 Å².